The van der Waals surface area contributed by atoms with Crippen molar-refractivity contribution < 1.29 is 19.4 Å². The van der Waals surface area contributed by atoms with E-state index in [9.17, 15) is 9.59 Å². The van der Waals surface area contributed by atoms with Crippen LogP contribution in [0.2, 0.25) is 0 Å². The molecule has 0 unspecified atom stereocenters. The van der Waals surface area contributed by atoms with Gasteiger partial charge in [0, 0.05) is 20.1 Å². The predicted molar refractivity (Wildman–Crippen MR) is 95.0 cm³/mol. The number of carbonyl (C=O) groups is 2. The van der Waals surface area contributed by atoms with Crippen LogP contribution >= 0.6 is 0 Å². The van der Waals surface area contributed by atoms with Gasteiger partial charge in [0.2, 0.25) is 0 Å². The largest absolute Gasteiger partial charge is 0.496 e. The van der Waals surface area contributed by atoms with Gasteiger partial charge in [0.1, 0.15) is 5.75 Å². The number of carboxylic acids is 1. The number of carboxylic acid groups (broad SMARTS) is 1. The van der Waals surface area contributed by atoms with Crippen molar-refractivity contribution in [1.29, 1.82) is 0 Å². The van der Waals surface area contributed by atoms with E-state index in [2.05, 4.69) is 5.32 Å². The first-order valence-corrected chi connectivity index (χ1v) is 7.94. The maximum absolute atomic E-state index is 12.2. The van der Waals surface area contributed by atoms with Gasteiger partial charge in [-0.2, -0.15) is 0 Å². The molecule has 2 N–H and O–H groups in total. The van der Waals surface area contributed by atoms with Crippen molar-refractivity contribution in [2.45, 2.75) is 13.0 Å². The zero-order valence-electron chi connectivity index (χ0n) is 14.4. The van der Waals surface area contributed by atoms with Gasteiger partial charge in [-0.25, -0.2) is 9.59 Å². The van der Waals surface area contributed by atoms with Crippen molar-refractivity contribution >= 4 is 12.0 Å². The highest BCUT2D eigenvalue weighted by Crippen LogP contribution is 2.17. The lowest BCUT2D eigenvalue weighted by molar-refractivity contribution is 0.0697. The first-order chi connectivity index (χ1) is 12.0. The number of urea groups is 1. The fraction of sp³-hybridized carbons (Fsp3) is 0.263. The van der Waals surface area contributed by atoms with Crippen LogP contribution in [0, 0.1) is 0 Å². The third-order valence-electron chi connectivity index (χ3n) is 3.90. The third kappa shape index (κ3) is 5.24. The summed E-state index contributed by atoms with van der Waals surface area (Å²) in [5, 5.41) is 11.7. The topological polar surface area (TPSA) is 78.9 Å². The molecule has 0 fully saturated rings. The number of nitrogens with zero attached hydrogens (tertiary/aromatic N) is 1. The maximum atomic E-state index is 12.2. The number of rotatable bonds is 7. The fourth-order valence-electron chi connectivity index (χ4n) is 2.38. The molecule has 132 valence electrons. The Balaban J connectivity index is 1.82. The summed E-state index contributed by atoms with van der Waals surface area (Å²) in [5.41, 5.74) is 2.12. The molecule has 0 saturated carbocycles. The van der Waals surface area contributed by atoms with Crippen molar-refractivity contribution in [3.63, 3.8) is 0 Å². The fourth-order valence-corrected chi connectivity index (χ4v) is 2.38. The number of nitrogens with one attached hydrogen (secondary N) is 1. The number of benzene rings is 2. The highest BCUT2D eigenvalue weighted by molar-refractivity contribution is 5.87. The second-order valence-electron chi connectivity index (χ2n) is 5.64. The van der Waals surface area contributed by atoms with Gasteiger partial charge in [-0.3, -0.25) is 0 Å². The highest BCUT2D eigenvalue weighted by atomic mass is 16.5. The Labute approximate surface area is 147 Å². The van der Waals surface area contributed by atoms with Gasteiger partial charge in [-0.05, 0) is 35.7 Å². The smallest absolute Gasteiger partial charge is 0.335 e. The number of carbonyl (C=O) groups excluding carboxylic acids is 1. The minimum atomic E-state index is -0.966. The summed E-state index contributed by atoms with van der Waals surface area (Å²) in [7, 11) is 3.36. The number of hydrogen-bond acceptors (Lipinski definition) is 3. The van der Waals surface area contributed by atoms with Crippen molar-refractivity contribution in [2.24, 2.45) is 0 Å². The molecule has 0 bridgehead atoms. The van der Waals surface area contributed by atoms with E-state index in [0.717, 1.165) is 16.9 Å². The Morgan fingerprint density at radius 2 is 1.80 bits per heavy atom. The molecule has 0 aliphatic rings. The summed E-state index contributed by atoms with van der Waals surface area (Å²) < 4.78 is 5.31. The molecular weight excluding hydrogens is 320 g/mol. The molecule has 25 heavy (non-hydrogen) atoms. The number of hydrogen-bond donors (Lipinski definition) is 2. The first kappa shape index (κ1) is 18.3. The van der Waals surface area contributed by atoms with E-state index in [4.69, 9.17) is 9.84 Å². The van der Waals surface area contributed by atoms with Gasteiger partial charge < -0.3 is 20.1 Å². The molecule has 2 aromatic carbocycles. The van der Waals surface area contributed by atoms with E-state index in [1.54, 1.807) is 31.2 Å². The van der Waals surface area contributed by atoms with Crippen LogP contribution in [0.3, 0.4) is 0 Å². The molecule has 0 aliphatic heterocycles. The SMILES string of the molecule is COc1ccccc1CCN(C)C(=O)NCc1ccc(C(=O)O)cc1. The van der Waals surface area contributed by atoms with Gasteiger partial charge >= 0.3 is 12.0 Å². The Morgan fingerprint density at radius 1 is 1.12 bits per heavy atom. The predicted octanol–water partition coefficient (Wildman–Crippen LogP) is 2.78. The molecule has 6 nitrogen and oxygen atoms in total. The quantitative estimate of drug-likeness (QED) is 0.811. The van der Waals surface area contributed by atoms with Gasteiger partial charge in [-0.15, -0.1) is 0 Å². The molecule has 0 radical (unpaired) electrons. The summed E-state index contributed by atoms with van der Waals surface area (Å²) >= 11 is 0. The minimum absolute atomic E-state index is 0.183. The van der Waals surface area contributed by atoms with E-state index in [0.29, 0.717) is 19.5 Å². The molecule has 2 rings (SSSR count). The van der Waals surface area contributed by atoms with Crippen LogP contribution in [0.25, 0.3) is 0 Å². The zero-order valence-corrected chi connectivity index (χ0v) is 14.4. The molecule has 2 amide bonds. The van der Waals surface area contributed by atoms with Gasteiger partial charge in [0.15, 0.2) is 0 Å². The van der Waals surface area contributed by atoms with Crippen LogP contribution in [0.15, 0.2) is 48.5 Å². The van der Waals surface area contributed by atoms with Crippen LogP contribution in [0.1, 0.15) is 21.5 Å². The molecule has 0 aromatic heterocycles. The molecule has 0 saturated heterocycles. The molecule has 0 spiro atoms. The Morgan fingerprint density at radius 3 is 2.44 bits per heavy atom. The first-order valence-electron chi connectivity index (χ1n) is 7.94. The summed E-state index contributed by atoms with van der Waals surface area (Å²) in [6, 6.07) is 14.0. The molecule has 0 atom stereocenters. The Hall–Kier alpha value is -3.02. The normalized spacial score (nSPS) is 10.2. The van der Waals surface area contributed by atoms with Crippen LogP contribution < -0.4 is 10.1 Å². The number of methoxy groups -OCH3 is 1. The van der Waals surface area contributed by atoms with Crippen molar-refractivity contribution in [3.8, 4) is 5.75 Å². The van der Waals surface area contributed by atoms with E-state index in [1.807, 2.05) is 24.3 Å². The average Bonchev–Trinajstić information content (AvgIpc) is 2.64. The average molecular weight is 342 g/mol. The van der Waals surface area contributed by atoms with Crippen molar-refractivity contribution in [1.82, 2.24) is 10.2 Å². The van der Waals surface area contributed by atoms with E-state index in [-0.39, 0.29) is 11.6 Å². The summed E-state index contributed by atoms with van der Waals surface area (Å²) in [6.07, 6.45) is 0.696. The molecule has 0 aliphatic carbocycles. The summed E-state index contributed by atoms with van der Waals surface area (Å²) in [4.78, 5) is 24.6. The van der Waals surface area contributed by atoms with Crippen molar-refractivity contribution in [2.75, 3.05) is 20.7 Å². The van der Waals surface area contributed by atoms with Crippen LogP contribution in [-0.4, -0.2) is 42.7 Å². The van der Waals surface area contributed by atoms with E-state index >= 15 is 0 Å². The number of aromatic carboxylic acids is 1. The molecule has 2 aromatic rings. The van der Waals surface area contributed by atoms with Crippen molar-refractivity contribution in [3.05, 3.63) is 65.2 Å². The third-order valence-corrected chi connectivity index (χ3v) is 3.90. The van der Waals surface area contributed by atoms with Gasteiger partial charge in [-0.1, -0.05) is 30.3 Å². The van der Waals surface area contributed by atoms with Crippen LogP contribution in [0.5, 0.6) is 5.75 Å². The van der Waals surface area contributed by atoms with Crippen LogP contribution in [-0.2, 0) is 13.0 Å². The molecular formula is C19H22N2O4. The Kier molecular flexibility index (Phi) is 6.39. The standard InChI is InChI=1S/C19H22N2O4/c1-21(12-11-15-5-3-4-6-17(15)25-2)19(24)20-13-14-7-9-16(10-8-14)18(22)23/h3-10H,11-13H2,1-2H3,(H,20,24)(H,22,23). The lowest BCUT2D eigenvalue weighted by Gasteiger charge is -2.18. The number of ether oxygens (including phenoxy) is 1. The molecule has 0 heterocycles. The molecule has 6 heteroatoms. The Bertz CT molecular complexity index is 728. The lowest BCUT2D eigenvalue weighted by atomic mass is 10.1. The lowest BCUT2D eigenvalue weighted by Crippen LogP contribution is -2.38. The summed E-state index contributed by atoms with van der Waals surface area (Å²) in [5.74, 6) is -0.151. The maximum Gasteiger partial charge on any atom is 0.335 e. The number of amides is 2. The van der Waals surface area contributed by atoms with E-state index < -0.39 is 5.97 Å². The minimum Gasteiger partial charge on any atom is -0.496 e. The monoisotopic (exact) mass is 342 g/mol. The number of para-hydroxylation sites is 1. The number of likely N-dealkylation sites (N-methyl/N-ethyl adjacent to an activating group) is 1. The summed E-state index contributed by atoms with van der Waals surface area (Å²) in [6.45, 7) is 0.905. The van der Waals surface area contributed by atoms with Crippen LogP contribution in [0.4, 0.5) is 4.79 Å². The van der Waals surface area contributed by atoms with Gasteiger partial charge in [0.05, 0.1) is 12.7 Å². The zero-order chi connectivity index (χ0) is 18.2. The second-order valence-corrected chi connectivity index (χ2v) is 5.64. The van der Waals surface area contributed by atoms with Gasteiger partial charge in [0.25, 0.3) is 0 Å². The second kappa shape index (κ2) is 8.73. The van der Waals surface area contributed by atoms with E-state index in [1.165, 1.54) is 12.1 Å². The highest BCUT2D eigenvalue weighted by Gasteiger charge is 2.10.